The lowest BCUT2D eigenvalue weighted by molar-refractivity contribution is 0.306. The topological polar surface area (TPSA) is 12.0 Å². The lowest BCUT2D eigenvalue weighted by Gasteiger charge is -2.33. The minimum Gasteiger partial charge on any atom is -0.310 e. The molecule has 1 saturated carbocycles. The van der Waals surface area contributed by atoms with Crippen molar-refractivity contribution in [1.29, 1.82) is 0 Å². The van der Waals surface area contributed by atoms with Gasteiger partial charge in [-0.25, -0.2) is 0 Å². The van der Waals surface area contributed by atoms with Gasteiger partial charge in [-0.3, -0.25) is 0 Å². The van der Waals surface area contributed by atoms with Gasteiger partial charge in [0, 0.05) is 6.04 Å². The van der Waals surface area contributed by atoms with E-state index in [1.54, 1.807) is 5.57 Å². The van der Waals surface area contributed by atoms with Crippen LogP contribution in [0.25, 0.3) is 0 Å². The lowest BCUT2D eigenvalue weighted by atomic mass is 9.80. The van der Waals surface area contributed by atoms with Crippen LogP contribution in [0.5, 0.6) is 0 Å². The zero-order valence-electron chi connectivity index (χ0n) is 12.2. The van der Waals surface area contributed by atoms with Crippen LogP contribution >= 0.6 is 0 Å². The van der Waals surface area contributed by atoms with Crippen molar-refractivity contribution in [2.75, 3.05) is 6.54 Å². The summed E-state index contributed by atoms with van der Waals surface area (Å²) in [5.41, 5.74) is 1.74. The fraction of sp³-hybridized carbons (Fsp3) is 0.882. The second-order valence-corrected chi connectivity index (χ2v) is 6.17. The van der Waals surface area contributed by atoms with Crippen LogP contribution in [0.2, 0.25) is 0 Å². The third-order valence-corrected chi connectivity index (χ3v) is 4.77. The van der Waals surface area contributed by atoms with Crippen molar-refractivity contribution in [1.82, 2.24) is 5.32 Å². The third-order valence-electron chi connectivity index (χ3n) is 4.77. The number of nitrogens with one attached hydrogen (secondary N) is 1. The standard InChI is InChI=1S/C17H31N/c1-2-18-17(16-13-9-6-10-14-16)15-11-7-4-3-5-8-12-15/h13,15,17-18H,2-12,14H2,1H3. The molecule has 1 fully saturated rings. The van der Waals surface area contributed by atoms with E-state index in [1.165, 1.54) is 70.6 Å². The largest absolute Gasteiger partial charge is 0.310 e. The molecule has 1 atom stereocenters. The van der Waals surface area contributed by atoms with Crippen molar-refractivity contribution in [3.63, 3.8) is 0 Å². The molecule has 0 aromatic heterocycles. The van der Waals surface area contributed by atoms with Crippen molar-refractivity contribution in [2.45, 2.75) is 83.6 Å². The Bertz CT molecular complexity index is 248. The number of rotatable bonds is 4. The Morgan fingerprint density at radius 3 is 2.39 bits per heavy atom. The Hall–Kier alpha value is -0.300. The smallest absolute Gasteiger partial charge is 0.0307 e. The maximum absolute atomic E-state index is 3.80. The molecule has 18 heavy (non-hydrogen) atoms. The van der Waals surface area contributed by atoms with Crippen molar-refractivity contribution in [3.8, 4) is 0 Å². The predicted molar refractivity (Wildman–Crippen MR) is 79.8 cm³/mol. The average Bonchev–Trinajstić information content (AvgIpc) is 2.38. The first kappa shape index (κ1) is 14.1. The molecule has 1 unspecified atom stereocenters. The van der Waals surface area contributed by atoms with E-state index in [0.29, 0.717) is 6.04 Å². The second-order valence-electron chi connectivity index (χ2n) is 6.17. The van der Waals surface area contributed by atoms with Gasteiger partial charge in [-0.05, 0) is 51.0 Å². The van der Waals surface area contributed by atoms with Crippen molar-refractivity contribution in [2.24, 2.45) is 5.92 Å². The van der Waals surface area contributed by atoms with Crippen molar-refractivity contribution < 1.29 is 0 Å². The van der Waals surface area contributed by atoms with Gasteiger partial charge in [-0.15, -0.1) is 0 Å². The Labute approximate surface area is 113 Å². The fourth-order valence-electron chi connectivity index (χ4n) is 3.79. The lowest BCUT2D eigenvalue weighted by Crippen LogP contribution is -2.38. The summed E-state index contributed by atoms with van der Waals surface area (Å²) in [5, 5.41) is 3.80. The highest BCUT2D eigenvalue weighted by atomic mass is 14.9. The quantitative estimate of drug-likeness (QED) is 0.704. The molecule has 0 bridgehead atoms. The third kappa shape index (κ3) is 4.12. The number of hydrogen-bond acceptors (Lipinski definition) is 1. The predicted octanol–water partition coefficient (Wildman–Crippen LogP) is 4.83. The molecule has 0 aliphatic heterocycles. The van der Waals surface area contributed by atoms with E-state index in [9.17, 15) is 0 Å². The first-order valence-electron chi connectivity index (χ1n) is 8.34. The minimum absolute atomic E-state index is 0.702. The number of allylic oxidation sites excluding steroid dienone is 1. The normalized spacial score (nSPS) is 25.1. The van der Waals surface area contributed by atoms with Gasteiger partial charge in [0.1, 0.15) is 0 Å². The van der Waals surface area contributed by atoms with E-state index in [1.807, 2.05) is 0 Å². The molecule has 1 nitrogen and oxygen atoms in total. The molecule has 104 valence electrons. The maximum atomic E-state index is 3.80. The van der Waals surface area contributed by atoms with Gasteiger partial charge in [0.05, 0.1) is 0 Å². The van der Waals surface area contributed by atoms with Crippen LogP contribution in [0.1, 0.15) is 77.6 Å². The molecule has 0 spiro atoms. The number of hydrogen-bond donors (Lipinski definition) is 1. The van der Waals surface area contributed by atoms with Gasteiger partial charge in [-0.1, -0.05) is 50.7 Å². The summed E-state index contributed by atoms with van der Waals surface area (Å²) in [6, 6.07) is 0.702. The second kappa shape index (κ2) is 7.99. The fourth-order valence-corrected chi connectivity index (χ4v) is 3.79. The summed E-state index contributed by atoms with van der Waals surface area (Å²) in [6.07, 6.45) is 18.3. The molecule has 0 heterocycles. The molecule has 1 heteroatoms. The zero-order valence-corrected chi connectivity index (χ0v) is 12.2. The van der Waals surface area contributed by atoms with E-state index in [2.05, 4.69) is 18.3 Å². The summed E-state index contributed by atoms with van der Waals surface area (Å²) in [6.45, 7) is 3.39. The van der Waals surface area contributed by atoms with E-state index in [-0.39, 0.29) is 0 Å². The molecule has 0 aromatic rings. The highest BCUT2D eigenvalue weighted by molar-refractivity contribution is 5.15. The molecule has 0 aromatic carbocycles. The maximum Gasteiger partial charge on any atom is 0.0307 e. The molecule has 0 amide bonds. The molecule has 2 aliphatic carbocycles. The summed E-state index contributed by atoms with van der Waals surface area (Å²) in [4.78, 5) is 0. The van der Waals surface area contributed by atoms with Crippen LogP contribution in [0, 0.1) is 5.92 Å². The highest BCUT2D eigenvalue weighted by Crippen LogP contribution is 2.31. The first-order chi connectivity index (χ1) is 8.92. The summed E-state index contributed by atoms with van der Waals surface area (Å²) in [7, 11) is 0. The van der Waals surface area contributed by atoms with Gasteiger partial charge in [0.15, 0.2) is 0 Å². The van der Waals surface area contributed by atoms with Gasteiger partial charge in [-0.2, -0.15) is 0 Å². The summed E-state index contributed by atoms with van der Waals surface area (Å²) in [5.74, 6) is 0.912. The van der Waals surface area contributed by atoms with Crippen LogP contribution in [0.15, 0.2) is 11.6 Å². The van der Waals surface area contributed by atoms with E-state index in [0.717, 1.165) is 12.5 Å². The molecular formula is C17H31N. The molecule has 2 aliphatic rings. The SMILES string of the molecule is CCNC(C1=CCCCC1)C1CCCCCCC1. The van der Waals surface area contributed by atoms with Crippen molar-refractivity contribution in [3.05, 3.63) is 11.6 Å². The summed E-state index contributed by atoms with van der Waals surface area (Å²) < 4.78 is 0. The average molecular weight is 249 g/mol. The van der Waals surface area contributed by atoms with Crippen LogP contribution in [-0.4, -0.2) is 12.6 Å². The monoisotopic (exact) mass is 249 g/mol. The van der Waals surface area contributed by atoms with E-state index in [4.69, 9.17) is 0 Å². The van der Waals surface area contributed by atoms with E-state index >= 15 is 0 Å². The van der Waals surface area contributed by atoms with E-state index < -0.39 is 0 Å². The van der Waals surface area contributed by atoms with Gasteiger partial charge in [0.2, 0.25) is 0 Å². The first-order valence-corrected chi connectivity index (χ1v) is 8.34. The van der Waals surface area contributed by atoms with Gasteiger partial charge >= 0.3 is 0 Å². The highest BCUT2D eigenvalue weighted by Gasteiger charge is 2.25. The zero-order chi connectivity index (χ0) is 12.6. The minimum atomic E-state index is 0.702. The molecule has 2 rings (SSSR count). The van der Waals surface area contributed by atoms with Gasteiger partial charge < -0.3 is 5.32 Å². The molecule has 1 N–H and O–H groups in total. The van der Waals surface area contributed by atoms with Crippen LogP contribution < -0.4 is 5.32 Å². The molecular weight excluding hydrogens is 218 g/mol. The van der Waals surface area contributed by atoms with Crippen LogP contribution in [0.4, 0.5) is 0 Å². The Morgan fingerprint density at radius 1 is 1.06 bits per heavy atom. The van der Waals surface area contributed by atoms with Crippen LogP contribution in [0.3, 0.4) is 0 Å². The van der Waals surface area contributed by atoms with Gasteiger partial charge in [0.25, 0.3) is 0 Å². The molecule has 0 saturated heterocycles. The Balaban J connectivity index is 1.99. The van der Waals surface area contributed by atoms with Crippen molar-refractivity contribution >= 4 is 0 Å². The number of likely N-dealkylation sites (N-methyl/N-ethyl adjacent to an activating group) is 1. The molecule has 0 radical (unpaired) electrons. The van der Waals surface area contributed by atoms with Crippen LogP contribution in [-0.2, 0) is 0 Å². The summed E-state index contributed by atoms with van der Waals surface area (Å²) >= 11 is 0. The Kier molecular flexibility index (Phi) is 6.26. The Morgan fingerprint density at radius 2 is 1.78 bits per heavy atom.